The Balaban J connectivity index is 1.58. The first-order chi connectivity index (χ1) is 10.9. The molecule has 112 valence electrons. The number of fused-ring (bicyclic) bond motifs is 4. The largest absolute Gasteiger partial charge is 0.454 e. The zero-order chi connectivity index (χ0) is 14.5. The van der Waals surface area contributed by atoms with E-state index in [-0.39, 0.29) is 0 Å². The summed E-state index contributed by atoms with van der Waals surface area (Å²) in [5.74, 6) is 3.11. The average Bonchev–Trinajstić information content (AvgIpc) is 3.22. The van der Waals surface area contributed by atoms with Crippen LogP contribution in [0, 0.1) is 5.92 Å². The number of benzene rings is 2. The molecule has 2 heterocycles. The monoisotopic (exact) mass is 293 g/mol. The molecule has 3 nitrogen and oxygen atoms in total. The number of nitrogens with one attached hydrogen (secondary N) is 1. The lowest BCUT2D eigenvalue weighted by atomic mass is 9.77. The highest BCUT2D eigenvalue weighted by Crippen LogP contribution is 2.53. The maximum atomic E-state index is 5.56. The lowest BCUT2D eigenvalue weighted by Crippen LogP contribution is -2.28. The third kappa shape index (κ3) is 1.75. The summed E-state index contributed by atoms with van der Waals surface area (Å²) in [6.45, 7) is 0.339. The van der Waals surface area contributed by atoms with Crippen LogP contribution in [0.25, 0.3) is 0 Å². The first-order valence-electron chi connectivity index (χ1n) is 8.15. The molecular weight excluding hydrogens is 274 g/mol. The lowest BCUT2D eigenvalue weighted by molar-refractivity contribution is 0.174. The molecule has 0 aromatic heterocycles. The van der Waals surface area contributed by atoms with Gasteiger partial charge in [0.1, 0.15) is 0 Å². The average molecular weight is 293 g/mol. The second kappa shape index (κ2) is 4.67. The molecule has 1 N–H and O–H groups in total. The van der Waals surface area contributed by atoms with Crippen LogP contribution in [0.2, 0.25) is 0 Å². The predicted octanol–water partition coefficient (Wildman–Crippen LogP) is 4.47. The summed E-state index contributed by atoms with van der Waals surface area (Å²) in [6.07, 6.45) is 3.93. The molecule has 2 aliphatic heterocycles. The Labute approximate surface area is 130 Å². The Bertz CT molecular complexity index is 727. The second-order valence-corrected chi connectivity index (χ2v) is 6.52. The molecule has 2 aromatic carbocycles. The van der Waals surface area contributed by atoms with Crippen LogP contribution in [0.1, 0.15) is 42.3 Å². The van der Waals surface area contributed by atoms with Crippen molar-refractivity contribution in [3.05, 3.63) is 53.6 Å². The fourth-order valence-electron chi connectivity index (χ4n) is 4.44. The number of para-hydroxylation sites is 1. The van der Waals surface area contributed by atoms with E-state index in [1.165, 1.54) is 36.1 Å². The minimum absolute atomic E-state index is 0.339. The van der Waals surface area contributed by atoms with Crippen molar-refractivity contribution in [2.75, 3.05) is 12.1 Å². The number of rotatable bonds is 1. The maximum Gasteiger partial charge on any atom is 0.231 e. The Morgan fingerprint density at radius 3 is 2.86 bits per heavy atom. The van der Waals surface area contributed by atoms with Gasteiger partial charge in [0.25, 0.3) is 0 Å². The van der Waals surface area contributed by atoms with Gasteiger partial charge in [-0.1, -0.05) is 30.7 Å². The summed E-state index contributed by atoms with van der Waals surface area (Å²) in [5.41, 5.74) is 4.12. The van der Waals surface area contributed by atoms with Crippen molar-refractivity contribution in [2.45, 2.75) is 31.2 Å². The van der Waals surface area contributed by atoms with E-state index in [4.69, 9.17) is 9.47 Å². The smallest absolute Gasteiger partial charge is 0.231 e. The van der Waals surface area contributed by atoms with Crippen molar-refractivity contribution in [2.24, 2.45) is 5.92 Å². The van der Waals surface area contributed by atoms with Crippen LogP contribution < -0.4 is 14.8 Å². The highest BCUT2D eigenvalue weighted by Gasteiger charge is 2.40. The standard InChI is InChI=1S/C19H19NO2/c1-2-7-16-14(4-1)13-5-3-6-15(13)19(20-16)12-8-9-17-18(10-12)22-11-21-17/h1-2,4,7-10,13,15,19-20H,3,5-6,11H2. The molecule has 2 aromatic rings. The van der Waals surface area contributed by atoms with E-state index in [2.05, 4.69) is 41.7 Å². The maximum absolute atomic E-state index is 5.56. The normalized spacial score (nSPS) is 27.9. The Kier molecular flexibility index (Phi) is 2.63. The fraction of sp³-hybridized carbons (Fsp3) is 0.368. The molecule has 3 heteroatoms. The molecule has 1 saturated carbocycles. The van der Waals surface area contributed by atoms with E-state index >= 15 is 0 Å². The molecule has 0 spiro atoms. The molecule has 0 saturated heterocycles. The Morgan fingerprint density at radius 1 is 0.955 bits per heavy atom. The van der Waals surface area contributed by atoms with Crippen molar-refractivity contribution in [1.29, 1.82) is 0 Å². The summed E-state index contributed by atoms with van der Waals surface area (Å²) in [7, 11) is 0. The van der Waals surface area contributed by atoms with Gasteiger partial charge in [-0.15, -0.1) is 0 Å². The van der Waals surface area contributed by atoms with E-state index in [0.29, 0.717) is 24.7 Å². The number of ether oxygens (including phenoxy) is 2. The van der Waals surface area contributed by atoms with Crippen LogP contribution in [0.15, 0.2) is 42.5 Å². The number of anilines is 1. The molecule has 3 atom stereocenters. The van der Waals surface area contributed by atoms with Crippen LogP contribution in [0.3, 0.4) is 0 Å². The van der Waals surface area contributed by atoms with Crippen LogP contribution in [0.5, 0.6) is 11.5 Å². The van der Waals surface area contributed by atoms with E-state index < -0.39 is 0 Å². The SMILES string of the molecule is c1ccc2c(c1)NC(c1ccc3c(c1)OCO3)C1CCCC21. The summed E-state index contributed by atoms with van der Waals surface area (Å²) in [5, 5.41) is 3.78. The summed E-state index contributed by atoms with van der Waals surface area (Å²) < 4.78 is 11.0. The molecule has 3 unspecified atom stereocenters. The lowest BCUT2D eigenvalue weighted by Gasteiger charge is -2.37. The van der Waals surface area contributed by atoms with Gasteiger partial charge in [-0.05, 0) is 54.0 Å². The van der Waals surface area contributed by atoms with Gasteiger partial charge in [-0.25, -0.2) is 0 Å². The molecule has 0 radical (unpaired) electrons. The Hall–Kier alpha value is -2.16. The summed E-state index contributed by atoms with van der Waals surface area (Å²) in [6, 6.07) is 15.6. The fourth-order valence-corrected chi connectivity index (χ4v) is 4.44. The molecular formula is C19H19NO2. The van der Waals surface area contributed by atoms with E-state index in [1.807, 2.05) is 6.07 Å². The van der Waals surface area contributed by atoms with Crippen molar-refractivity contribution in [1.82, 2.24) is 0 Å². The predicted molar refractivity (Wildman–Crippen MR) is 85.5 cm³/mol. The Morgan fingerprint density at radius 2 is 1.86 bits per heavy atom. The van der Waals surface area contributed by atoms with Gasteiger partial charge in [0, 0.05) is 5.69 Å². The number of hydrogen-bond acceptors (Lipinski definition) is 3. The van der Waals surface area contributed by atoms with Crippen LogP contribution >= 0.6 is 0 Å². The van der Waals surface area contributed by atoms with Crippen molar-refractivity contribution in [3.8, 4) is 11.5 Å². The van der Waals surface area contributed by atoms with Gasteiger partial charge in [-0.2, -0.15) is 0 Å². The molecule has 0 bridgehead atoms. The van der Waals surface area contributed by atoms with Gasteiger partial charge < -0.3 is 14.8 Å². The highest BCUT2D eigenvalue weighted by molar-refractivity contribution is 5.58. The first-order valence-corrected chi connectivity index (χ1v) is 8.15. The van der Waals surface area contributed by atoms with Crippen molar-refractivity contribution in [3.63, 3.8) is 0 Å². The van der Waals surface area contributed by atoms with Crippen LogP contribution in [-0.4, -0.2) is 6.79 Å². The zero-order valence-corrected chi connectivity index (χ0v) is 12.4. The molecule has 0 amide bonds. The third-order valence-corrected chi connectivity index (χ3v) is 5.42. The molecule has 5 rings (SSSR count). The number of hydrogen-bond donors (Lipinski definition) is 1. The highest BCUT2D eigenvalue weighted by atomic mass is 16.7. The van der Waals surface area contributed by atoms with Gasteiger partial charge in [-0.3, -0.25) is 0 Å². The molecule has 22 heavy (non-hydrogen) atoms. The van der Waals surface area contributed by atoms with Gasteiger partial charge in [0.15, 0.2) is 11.5 Å². The molecule has 1 fully saturated rings. The van der Waals surface area contributed by atoms with Gasteiger partial charge in [0.05, 0.1) is 6.04 Å². The first kappa shape index (κ1) is 12.4. The van der Waals surface area contributed by atoms with E-state index in [1.54, 1.807) is 0 Å². The minimum Gasteiger partial charge on any atom is -0.454 e. The topological polar surface area (TPSA) is 30.5 Å². The quantitative estimate of drug-likeness (QED) is 0.841. The second-order valence-electron chi connectivity index (χ2n) is 6.52. The van der Waals surface area contributed by atoms with Gasteiger partial charge >= 0.3 is 0 Å². The van der Waals surface area contributed by atoms with E-state index in [0.717, 1.165) is 11.5 Å². The molecule has 3 aliphatic rings. The summed E-state index contributed by atoms with van der Waals surface area (Å²) >= 11 is 0. The van der Waals surface area contributed by atoms with Crippen LogP contribution in [-0.2, 0) is 0 Å². The van der Waals surface area contributed by atoms with Gasteiger partial charge in [0.2, 0.25) is 6.79 Å². The summed E-state index contributed by atoms with van der Waals surface area (Å²) in [4.78, 5) is 0. The zero-order valence-electron chi connectivity index (χ0n) is 12.4. The van der Waals surface area contributed by atoms with Crippen LogP contribution in [0.4, 0.5) is 5.69 Å². The molecule has 1 aliphatic carbocycles. The van der Waals surface area contributed by atoms with E-state index in [9.17, 15) is 0 Å². The minimum atomic E-state index is 0.339. The third-order valence-electron chi connectivity index (χ3n) is 5.42. The van der Waals surface area contributed by atoms with Crippen molar-refractivity contribution < 1.29 is 9.47 Å². The van der Waals surface area contributed by atoms with Crippen molar-refractivity contribution >= 4 is 5.69 Å².